The Morgan fingerprint density at radius 1 is 1.62 bits per heavy atom. The third-order valence-electron chi connectivity index (χ3n) is 3.10. The van der Waals surface area contributed by atoms with E-state index in [0.717, 1.165) is 38.5 Å². The van der Waals surface area contributed by atoms with Gasteiger partial charge < -0.3 is 14.6 Å². The SMILES string of the molecule is CCCn1ccnc1NCC1(C)CCCO1. The van der Waals surface area contributed by atoms with Gasteiger partial charge in [0.2, 0.25) is 5.95 Å². The van der Waals surface area contributed by atoms with Crippen molar-refractivity contribution in [3.8, 4) is 0 Å². The summed E-state index contributed by atoms with van der Waals surface area (Å²) in [4.78, 5) is 4.32. The van der Waals surface area contributed by atoms with Gasteiger partial charge in [-0.25, -0.2) is 4.98 Å². The van der Waals surface area contributed by atoms with Crippen molar-refractivity contribution in [3.63, 3.8) is 0 Å². The van der Waals surface area contributed by atoms with E-state index in [-0.39, 0.29) is 5.60 Å². The molecule has 0 radical (unpaired) electrons. The molecule has 2 heterocycles. The van der Waals surface area contributed by atoms with Gasteiger partial charge in [0.05, 0.1) is 5.60 Å². The van der Waals surface area contributed by atoms with Gasteiger partial charge in [0.15, 0.2) is 0 Å². The molecular weight excluding hydrogens is 202 g/mol. The predicted octanol–water partition coefficient (Wildman–Crippen LogP) is 2.27. The van der Waals surface area contributed by atoms with Gasteiger partial charge in [-0.15, -0.1) is 0 Å². The molecule has 1 aliphatic rings. The second kappa shape index (κ2) is 4.87. The molecule has 1 aliphatic heterocycles. The lowest BCUT2D eigenvalue weighted by atomic mass is 10.0. The van der Waals surface area contributed by atoms with E-state index in [1.54, 1.807) is 0 Å². The van der Waals surface area contributed by atoms with Gasteiger partial charge in [-0.1, -0.05) is 6.92 Å². The van der Waals surface area contributed by atoms with Crippen molar-refractivity contribution in [1.29, 1.82) is 0 Å². The van der Waals surface area contributed by atoms with E-state index in [2.05, 4.69) is 28.7 Å². The summed E-state index contributed by atoms with van der Waals surface area (Å²) in [5, 5.41) is 3.39. The number of rotatable bonds is 5. The molecule has 0 aromatic carbocycles. The Hall–Kier alpha value is -1.03. The van der Waals surface area contributed by atoms with Gasteiger partial charge in [-0.05, 0) is 26.2 Å². The Morgan fingerprint density at radius 2 is 2.50 bits per heavy atom. The Kier molecular flexibility index (Phi) is 3.49. The Morgan fingerprint density at radius 3 is 3.19 bits per heavy atom. The maximum atomic E-state index is 5.74. The maximum Gasteiger partial charge on any atom is 0.202 e. The summed E-state index contributed by atoms with van der Waals surface area (Å²) in [6, 6.07) is 0. The van der Waals surface area contributed by atoms with Crippen molar-refractivity contribution in [3.05, 3.63) is 12.4 Å². The molecule has 1 atom stereocenters. The normalized spacial score (nSPS) is 24.9. The molecule has 0 aliphatic carbocycles. The lowest BCUT2D eigenvalue weighted by Crippen LogP contribution is -2.33. The van der Waals surface area contributed by atoms with Crippen molar-refractivity contribution in [1.82, 2.24) is 9.55 Å². The Bertz CT molecular complexity index is 329. The molecule has 0 bridgehead atoms. The van der Waals surface area contributed by atoms with E-state index in [1.165, 1.54) is 6.42 Å². The zero-order valence-electron chi connectivity index (χ0n) is 10.2. The molecule has 1 aromatic rings. The predicted molar refractivity (Wildman–Crippen MR) is 64.6 cm³/mol. The first-order valence-corrected chi connectivity index (χ1v) is 6.12. The van der Waals surface area contributed by atoms with Gasteiger partial charge in [-0.2, -0.15) is 0 Å². The summed E-state index contributed by atoms with van der Waals surface area (Å²) >= 11 is 0. The second-order valence-corrected chi connectivity index (χ2v) is 4.70. The van der Waals surface area contributed by atoms with Gasteiger partial charge in [0, 0.05) is 32.1 Å². The zero-order chi connectivity index (χ0) is 11.4. The first kappa shape index (κ1) is 11.5. The number of hydrogen-bond donors (Lipinski definition) is 1. The fourth-order valence-electron chi connectivity index (χ4n) is 2.14. The molecule has 2 rings (SSSR count). The molecule has 90 valence electrons. The highest BCUT2D eigenvalue weighted by molar-refractivity contribution is 5.26. The first-order chi connectivity index (χ1) is 7.73. The largest absolute Gasteiger partial charge is 0.373 e. The van der Waals surface area contributed by atoms with Crippen molar-refractivity contribution < 1.29 is 4.74 Å². The molecular formula is C12H21N3O. The topological polar surface area (TPSA) is 39.1 Å². The molecule has 1 N–H and O–H groups in total. The van der Waals surface area contributed by atoms with E-state index in [9.17, 15) is 0 Å². The monoisotopic (exact) mass is 223 g/mol. The van der Waals surface area contributed by atoms with Crippen LogP contribution in [0, 0.1) is 0 Å². The smallest absolute Gasteiger partial charge is 0.202 e. The molecule has 4 nitrogen and oxygen atoms in total. The molecule has 1 fully saturated rings. The van der Waals surface area contributed by atoms with Crippen molar-refractivity contribution in [2.45, 2.75) is 45.3 Å². The van der Waals surface area contributed by atoms with Crippen LogP contribution in [0.3, 0.4) is 0 Å². The summed E-state index contributed by atoms with van der Waals surface area (Å²) in [5.41, 5.74) is -0.0109. The summed E-state index contributed by atoms with van der Waals surface area (Å²) in [5.74, 6) is 0.957. The number of nitrogens with zero attached hydrogens (tertiary/aromatic N) is 2. The number of imidazole rings is 1. The number of hydrogen-bond acceptors (Lipinski definition) is 3. The van der Waals surface area contributed by atoms with Crippen LogP contribution in [0.4, 0.5) is 5.95 Å². The van der Waals surface area contributed by atoms with Gasteiger partial charge >= 0.3 is 0 Å². The number of aryl methyl sites for hydroxylation is 1. The summed E-state index contributed by atoms with van der Waals surface area (Å²) in [7, 11) is 0. The molecule has 0 saturated carbocycles. The summed E-state index contributed by atoms with van der Waals surface area (Å²) in [6.45, 7) is 7.08. The lowest BCUT2D eigenvalue weighted by Gasteiger charge is -2.23. The van der Waals surface area contributed by atoms with Crippen LogP contribution in [0.1, 0.15) is 33.1 Å². The lowest BCUT2D eigenvalue weighted by molar-refractivity contribution is 0.0313. The fourth-order valence-corrected chi connectivity index (χ4v) is 2.14. The second-order valence-electron chi connectivity index (χ2n) is 4.70. The van der Waals surface area contributed by atoms with Crippen LogP contribution in [-0.4, -0.2) is 28.3 Å². The number of ether oxygens (including phenoxy) is 1. The van der Waals surface area contributed by atoms with Crippen LogP contribution in [0.25, 0.3) is 0 Å². The first-order valence-electron chi connectivity index (χ1n) is 6.12. The van der Waals surface area contributed by atoms with Gasteiger partial charge in [-0.3, -0.25) is 0 Å². The van der Waals surface area contributed by atoms with Crippen molar-refractivity contribution in [2.24, 2.45) is 0 Å². The Balaban J connectivity index is 1.91. The average molecular weight is 223 g/mol. The highest BCUT2D eigenvalue weighted by Crippen LogP contribution is 2.25. The molecule has 16 heavy (non-hydrogen) atoms. The van der Waals surface area contributed by atoms with E-state index in [1.807, 2.05) is 12.4 Å². The van der Waals surface area contributed by atoms with E-state index >= 15 is 0 Å². The molecule has 0 amide bonds. The van der Waals surface area contributed by atoms with E-state index in [0.29, 0.717) is 0 Å². The van der Waals surface area contributed by atoms with Crippen LogP contribution >= 0.6 is 0 Å². The summed E-state index contributed by atoms with van der Waals surface area (Å²) < 4.78 is 7.89. The van der Waals surface area contributed by atoms with Crippen LogP contribution in [-0.2, 0) is 11.3 Å². The minimum Gasteiger partial charge on any atom is -0.373 e. The van der Waals surface area contributed by atoms with E-state index < -0.39 is 0 Å². The number of nitrogens with one attached hydrogen (secondary N) is 1. The van der Waals surface area contributed by atoms with Gasteiger partial charge in [0.25, 0.3) is 0 Å². The molecule has 4 heteroatoms. The molecule has 1 aromatic heterocycles. The quantitative estimate of drug-likeness (QED) is 0.832. The minimum absolute atomic E-state index is 0.0109. The molecule has 1 unspecified atom stereocenters. The van der Waals surface area contributed by atoms with Gasteiger partial charge in [0.1, 0.15) is 0 Å². The standard InChI is InChI=1S/C12H21N3O/c1-3-7-15-8-6-13-11(15)14-10-12(2)5-4-9-16-12/h6,8H,3-5,7,9-10H2,1-2H3,(H,13,14). The Labute approximate surface area is 97.0 Å². The van der Waals surface area contributed by atoms with E-state index in [4.69, 9.17) is 4.74 Å². The fraction of sp³-hybridized carbons (Fsp3) is 0.750. The number of aromatic nitrogens is 2. The van der Waals surface area contributed by atoms with Crippen molar-refractivity contribution >= 4 is 5.95 Å². The van der Waals surface area contributed by atoms with Crippen LogP contribution in [0.5, 0.6) is 0 Å². The highest BCUT2D eigenvalue weighted by atomic mass is 16.5. The third-order valence-corrected chi connectivity index (χ3v) is 3.10. The minimum atomic E-state index is -0.0109. The van der Waals surface area contributed by atoms with Crippen molar-refractivity contribution in [2.75, 3.05) is 18.5 Å². The molecule has 0 spiro atoms. The van der Waals surface area contributed by atoms with Crippen LogP contribution < -0.4 is 5.32 Å². The highest BCUT2D eigenvalue weighted by Gasteiger charge is 2.29. The van der Waals surface area contributed by atoms with Crippen LogP contribution in [0.2, 0.25) is 0 Å². The maximum absolute atomic E-state index is 5.74. The zero-order valence-corrected chi connectivity index (χ0v) is 10.2. The average Bonchev–Trinajstić information content (AvgIpc) is 2.86. The van der Waals surface area contributed by atoms with Crippen LogP contribution in [0.15, 0.2) is 12.4 Å². The summed E-state index contributed by atoms with van der Waals surface area (Å²) in [6.07, 6.45) is 7.29. The number of anilines is 1. The third kappa shape index (κ3) is 2.55. The molecule has 1 saturated heterocycles.